The van der Waals surface area contributed by atoms with E-state index >= 15 is 0 Å². The van der Waals surface area contributed by atoms with E-state index in [-0.39, 0.29) is 5.69 Å². The van der Waals surface area contributed by atoms with Crippen LogP contribution in [0.15, 0.2) is 75.6 Å². The quantitative estimate of drug-likeness (QED) is 0.316. The van der Waals surface area contributed by atoms with Crippen LogP contribution in [0.2, 0.25) is 0 Å². The number of esters is 1. The summed E-state index contributed by atoms with van der Waals surface area (Å²) < 4.78 is 22.4. The van der Waals surface area contributed by atoms with E-state index in [0.29, 0.717) is 28.7 Å². The summed E-state index contributed by atoms with van der Waals surface area (Å²) in [6.07, 6.45) is -1.10. The smallest absolute Gasteiger partial charge is 0.361 e. The average Bonchev–Trinajstić information content (AvgIpc) is 3.44. The van der Waals surface area contributed by atoms with Crippen molar-refractivity contribution in [3.63, 3.8) is 0 Å². The molecule has 1 atom stereocenters. The first-order valence-corrected chi connectivity index (χ1v) is 11.0. The molecule has 8 heteroatoms. The number of hydrogen-bond donors (Lipinski definition) is 1. The molecule has 0 fully saturated rings. The van der Waals surface area contributed by atoms with Gasteiger partial charge in [-0.25, -0.2) is 9.78 Å². The summed E-state index contributed by atoms with van der Waals surface area (Å²) in [7, 11) is 1.51. The summed E-state index contributed by atoms with van der Waals surface area (Å²) in [6.45, 7) is 3.10. The predicted octanol–water partition coefficient (Wildman–Crippen LogP) is 5.74. The van der Waals surface area contributed by atoms with Crippen LogP contribution in [-0.2, 0) is 9.53 Å². The van der Waals surface area contributed by atoms with E-state index in [1.807, 2.05) is 54.6 Å². The van der Waals surface area contributed by atoms with E-state index in [1.54, 1.807) is 19.1 Å². The Hall–Kier alpha value is -4.59. The zero-order valence-corrected chi connectivity index (χ0v) is 19.3. The van der Waals surface area contributed by atoms with Crippen LogP contribution in [-0.4, -0.2) is 30.1 Å². The van der Waals surface area contributed by atoms with Crippen molar-refractivity contribution in [2.45, 2.75) is 20.0 Å². The second kappa shape index (κ2) is 8.98. The fraction of sp³-hybridized carbons (Fsp3) is 0.148. The maximum Gasteiger partial charge on any atom is 0.361 e. The topological polar surface area (TPSA) is 104 Å². The van der Waals surface area contributed by atoms with Crippen LogP contribution in [0.3, 0.4) is 0 Å². The van der Waals surface area contributed by atoms with E-state index < -0.39 is 18.0 Å². The van der Waals surface area contributed by atoms with Gasteiger partial charge in [0.05, 0.1) is 12.8 Å². The Labute approximate surface area is 200 Å². The number of furan rings is 1. The number of anilines is 1. The monoisotopic (exact) mass is 470 g/mol. The molecule has 0 aliphatic rings. The zero-order chi connectivity index (χ0) is 24.5. The highest BCUT2D eigenvalue weighted by Gasteiger charge is 2.25. The number of nitrogens with zero attached hydrogens (tertiary/aromatic N) is 1. The van der Waals surface area contributed by atoms with Gasteiger partial charge in [0.1, 0.15) is 22.7 Å². The van der Waals surface area contributed by atoms with Gasteiger partial charge in [0.15, 0.2) is 11.8 Å². The van der Waals surface area contributed by atoms with E-state index in [4.69, 9.17) is 18.3 Å². The van der Waals surface area contributed by atoms with Crippen LogP contribution >= 0.6 is 0 Å². The number of carbonyl (C=O) groups excluding carboxylic acids is 2. The molecule has 0 aliphatic carbocycles. The van der Waals surface area contributed by atoms with Crippen molar-refractivity contribution in [1.82, 2.24) is 4.98 Å². The number of carbonyl (C=O) groups is 2. The van der Waals surface area contributed by atoms with Gasteiger partial charge in [-0.1, -0.05) is 36.4 Å². The van der Waals surface area contributed by atoms with Gasteiger partial charge in [-0.2, -0.15) is 0 Å². The average molecular weight is 470 g/mol. The second-order valence-electron chi connectivity index (χ2n) is 7.97. The SMILES string of the molecule is COc1cc2c(cc1NC(=O)[C@@H](C)OC(=O)c1nc(-c3ccccc3)oc1C)oc1ccccc12. The standard InChI is InChI=1S/C27H22N2O6/c1-15-24(29-26(33-15)17-9-5-4-6-10-17)27(31)34-16(2)25(30)28-20-14-22-19(13-23(20)32-3)18-11-7-8-12-21(18)35-22/h4-14,16H,1-3H3,(H,28,30)/t16-/m1/s1. The molecule has 2 heterocycles. The number of rotatable bonds is 6. The summed E-state index contributed by atoms with van der Waals surface area (Å²) in [5.41, 5.74) is 2.47. The molecule has 0 aliphatic heterocycles. The number of hydrogen-bond acceptors (Lipinski definition) is 7. The highest BCUT2D eigenvalue weighted by atomic mass is 16.5. The molecule has 1 amide bonds. The number of oxazole rings is 1. The molecule has 176 valence electrons. The molecule has 0 unspecified atom stereocenters. The molecule has 35 heavy (non-hydrogen) atoms. The number of aromatic nitrogens is 1. The zero-order valence-electron chi connectivity index (χ0n) is 19.3. The van der Waals surface area contributed by atoms with Gasteiger partial charge in [-0.15, -0.1) is 0 Å². The molecule has 0 saturated heterocycles. The van der Waals surface area contributed by atoms with E-state index in [0.717, 1.165) is 21.9 Å². The second-order valence-corrected chi connectivity index (χ2v) is 7.97. The van der Waals surface area contributed by atoms with Gasteiger partial charge in [0, 0.05) is 22.4 Å². The Morgan fingerprint density at radius 2 is 1.69 bits per heavy atom. The van der Waals surface area contributed by atoms with Crippen LogP contribution in [0, 0.1) is 6.92 Å². The molecular weight excluding hydrogens is 448 g/mol. The highest BCUT2D eigenvalue weighted by Crippen LogP contribution is 2.36. The first-order chi connectivity index (χ1) is 16.9. The van der Waals surface area contributed by atoms with Gasteiger partial charge in [-0.05, 0) is 38.1 Å². The third kappa shape index (κ3) is 4.21. The number of methoxy groups -OCH3 is 1. The molecule has 3 aromatic carbocycles. The van der Waals surface area contributed by atoms with Crippen molar-refractivity contribution < 1.29 is 27.9 Å². The lowest BCUT2D eigenvalue weighted by Gasteiger charge is -2.15. The number of benzene rings is 3. The van der Waals surface area contributed by atoms with Crippen molar-refractivity contribution >= 4 is 39.5 Å². The molecule has 0 saturated carbocycles. The lowest BCUT2D eigenvalue weighted by atomic mass is 10.1. The van der Waals surface area contributed by atoms with Crippen molar-refractivity contribution in [3.8, 4) is 17.2 Å². The molecule has 5 aromatic rings. The van der Waals surface area contributed by atoms with Crippen LogP contribution < -0.4 is 10.1 Å². The molecular formula is C27H22N2O6. The molecule has 0 radical (unpaired) electrons. The maximum absolute atomic E-state index is 12.8. The molecule has 0 spiro atoms. The van der Waals surface area contributed by atoms with E-state index in [1.165, 1.54) is 14.0 Å². The van der Waals surface area contributed by atoms with Gasteiger partial charge in [0.2, 0.25) is 5.89 Å². The molecule has 1 N–H and O–H groups in total. The summed E-state index contributed by atoms with van der Waals surface area (Å²) in [4.78, 5) is 29.8. The normalized spacial score (nSPS) is 12.0. The van der Waals surface area contributed by atoms with Gasteiger partial charge >= 0.3 is 5.97 Å². The molecule has 8 nitrogen and oxygen atoms in total. The Morgan fingerprint density at radius 1 is 0.943 bits per heavy atom. The highest BCUT2D eigenvalue weighted by molar-refractivity contribution is 6.08. The van der Waals surface area contributed by atoms with Crippen molar-refractivity contribution in [1.29, 1.82) is 0 Å². The fourth-order valence-electron chi connectivity index (χ4n) is 3.81. The number of fused-ring (bicyclic) bond motifs is 3. The third-order valence-corrected chi connectivity index (χ3v) is 5.62. The van der Waals surface area contributed by atoms with Gasteiger partial charge in [0.25, 0.3) is 5.91 Å². The Kier molecular flexibility index (Phi) is 5.70. The number of nitrogens with one attached hydrogen (secondary N) is 1. The predicted molar refractivity (Wildman–Crippen MR) is 130 cm³/mol. The van der Waals surface area contributed by atoms with Crippen molar-refractivity contribution in [2.75, 3.05) is 12.4 Å². The van der Waals surface area contributed by atoms with Gasteiger partial charge in [-0.3, -0.25) is 4.79 Å². The minimum Gasteiger partial charge on any atom is -0.495 e. The Bertz CT molecular complexity index is 1550. The van der Waals surface area contributed by atoms with E-state index in [2.05, 4.69) is 10.3 Å². The molecule has 0 bridgehead atoms. The number of para-hydroxylation sites is 1. The Morgan fingerprint density at radius 3 is 2.46 bits per heavy atom. The lowest BCUT2D eigenvalue weighted by molar-refractivity contribution is -0.123. The lowest BCUT2D eigenvalue weighted by Crippen LogP contribution is -2.30. The van der Waals surface area contributed by atoms with Crippen LogP contribution in [0.5, 0.6) is 5.75 Å². The largest absolute Gasteiger partial charge is 0.495 e. The van der Waals surface area contributed by atoms with Crippen LogP contribution in [0.25, 0.3) is 33.4 Å². The van der Waals surface area contributed by atoms with Crippen LogP contribution in [0.1, 0.15) is 23.2 Å². The minimum atomic E-state index is -1.10. The summed E-state index contributed by atoms with van der Waals surface area (Å²) in [6, 6.07) is 20.3. The van der Waals surface area contributed by atoms with Crippen LogP contribution in [0.4, 0.5) is 5.69 Å². The molecule has 2 aromatic heterocycles. The number of amides is 1. The minimum absolute atomic E-state index is 0.0183. The first-order valence-electron chi connectivity index (χ1n) is 11.0. The first kappa shape index (κ1) is 22.2. The summed E-state index contributed by atoms with van der Waals surface area (Å²) in [5, 5.41) is 4.56. The summed E-state index contributed by atoms with van der Waals surface area (Å²) in [5.74, 6) is -0.224. The Balaban J connectivity index is 1.33. The van der Waals surface area contributed by atoms with Crippen molar-refractivity contribution in [2.24, 2.45) is 0 Å². The number of ether oxygens (including phenoxy) is 2. The molecule has 5 rings (SSSR count). The van der Waals surface area contributed by atoms with Crippen molar-refractivity contribution in [3.05, 3.63) is 78.2 Å². The maximum atomic E-state index is 12.8. The number of aryl methyl sites for hydroxylation is 1. The third-order valence-electron chi connectivity index (χ3n) is 5.62. The fourth-order valence-corrected chi connectivity index (χ4v) is 3.81. The van der Waals surface area contributed by atoms with E-state index in [9.17, 15) is 9.59 Å². The van der Waals surface area contributed by atoms with Gasteiger partial charge < -0.3 is 23.6 Å². The summed E-state index contributed by atoms with van der Waals surface area (Å²) >= 11 is 0.